The second-order valence-electron chi connectivity index (χ2n) is 18.9. The third kappa shape index (κ3) is 7.18. The van der Waals surface area contributed by atoms with E-state index in [9.17, 15) is 24.0 Å². The molecule has 5 atom stereocenters. The molecule has 9 heteroatoms. The van der Waals surface area contributed by atoms with Gasteiger partial charge in [-0.1, -0.05) is 74.1 Å². The first-order valence-corrected chi connectivity index (χ1v) is 19.4. The molecule has 0 aromatic heterocycles. The molecule has 5 fully saturated rings. The molecule has 0 radical (unpaired) electrons. The molecule has 49 heavy (non-hydrogen) atoms. The number of fused-ring (bicyclic) bond motifs is 1. The highest BCUT2D eigenvalue weighted by atomic mass is 16.2. The van der Waals surface area contributed by atoms with Crippen LogP contribution < -0.4 is 5.73 Å². The number of nitrogens with zero attached hydrogens (tertiary/aromatic N) is 3. The van der Waals surface area contributed by atoms with Gasteiger partial charge in [-0.05, 0) is 66.7 Å². The number of Topliss-reactive ketones (excluding diaryl/α,β-unsaturated/α-hetero) is 3. The molecule has 5 aliphatic rings. The number of ketones is 3. The maximum atomic E-state index is 14.9. The lowest BCUT2D eigenvalue weighted by Gasteiger charge is -2.37. The van der Waals surface area contributed by atoms with E-state index in [1.54, 1.807) is 0 Å². The van der Waals surface area contributed by atoms with Gasteiger partial charge < -0.3 is 20.4 Å². The van der Waals surface area contributed by atoms with Crippen LogP contribution in [0.1, 0.15) is 119 Å². The summed E-state index contributed by atoms with van der Waals surface area (Å²) in [6.07, 6.45) is 8.13. The molecule has 5 rings (SSSR count). The van der Waals surface area contributed by atoms with Crippen molar-refractivity contribution in [1.29, 1.82) is 0 Å². The van der Waals surface area contributed by atoms with Gasteiger partial charge in [0, 0.05) is 75.8 Å². The largest absolute Gasteiger partial charge is 0.363 e. The van der Waals surface area contributed by atoms with Crippen molar-refractivity contribution in [3.05, 3.63) is 0 Å². The molecule has 2 N–H and O–H groups in total. The molecule has 2 saturated heterocycles. The summed E-state index contributed by atoms with van der Waals surface area (Å²) in [4.78, 5) is 74.8. The standard InChI is InChI=1S/C40H66N4O5/c1-26(2)29(24-43-17-15-42(8)16-18-43)20-30(45)22-31(37(3,4)5)36(49)44-25-40(38(6,7)39(40)13-10-14-39)23-32(44)33(46)21-28(34(47)35(41)48)19-27-11-9-12-27/h26-29,31-32H,9-25H2,1-8H3,(H2,41,48)/t28?,29-,31-,32+,40-/m1/s1. The van der Waals surface area contributed by atoms with Crippen LogP contribution >= 0.6 is 0 Å². The molecule has 0 aromatic rings. The number of hydrogen-bond donors (Lipinski definition) is 1. The molecule has 276 valence electrons. The number of carbonyl (C=O) groups excluding carboxylic acids is 5. The summed E-state index contributed by atoms with van der Waals surface area (Å²) in [5.41, 5.74) is 4.97. The highest BCUT2D eigenvalue weighted by Gasteiger charge is 2.85. The highest BCUT2D eigenvalue weighted by Crippen LogP contribution is 2.88. The third-order valence-corrected chi connectivity index (χ3v) is 14.7. The topological polar surface area (TPSA) is 121 Å². The van der Waals surface area contributed by atoms with Crippen molar-refractivity contribution >= 4 is 29.2 Å². The molecule has 1 unspecified atom stereocenters. The van der Waals surface area contributed by atoms with Crippen molar-refractivity contribution in [3.8, 4) is 0 Å². The Kier molecular flexibility index (Phi) is 11.0. The lowest BCUT2D eigenvalue weighted by Crippen LogP contribution is -2.48. The zero-order valence-electron chi connectivity index (χ0n) is 31.9. The quantitative estimate of drug-likeness (QED) is 0.238. The summed E-state index contributed by atoms with van der Waals surface area (Å²) in [5.74, 6) is -2.16. The van der Waals surface area contributed by atoms with Crippen molar-refractivity contribution in [2.24, 2.45) is 57.0 Å². The Morgan fingerprint density at radius 3 is 1.98 bits per heavy atom. The highest BCUT2D eigenvalue weighted by molar-refractivity contribution is 6.36. The van der Waals surface area contributed by atoms with Crippen molar-refractivity contribution < 1.29 is 24.0 Å². The number of hydrogen-bond acceptors (Lipinski definition) is 7. The summed E-state index contributed by atoms with van der Waals surface area (Å²) in [5, 5.41) is 0. The van der Waals surface area contributed by atoms with Crippen LogP contribution in [0.25, 0.3) is 0 Å². The zero-order chi connectivity index (χ0) is 36.1. The number of likely N-dealkylation sites (tertiary alicyclic amines) is 1. The van der Waals surface area contributed by atoms with Gasteiger partial charge in [0.05, 0.1) is 6.04 Å². The van der Waals surface area contributed by atoms with Crippen molar-refractivity contribution in [3.63, 3.8) is 0 Å². The fourth-order valence-electron chi connectivity index (χ4n) is 10.6. The van der Waals surface area contributed by atoms with E-state index in [1.165, 1.54) is 6.42 Å². The van der Waals surface area contributed by atoms with Gasteiger partial charge in [-0.3, -0.25) is 24.0 Å². The van der Waals surface area contributed by atoms with Crippen LogP contribution in [0.2, 0.25) is 0 Å². The van der Waals surface area contributed by atoms with Gasteiger partial charge in [-0.2, -0.15) is 0 Å². The van der Waals surface area contributed by atoms with Gasteiger partial charge in [-0.25, -0.2) is 0 Å². The molecule has 9 nitrogen and oxygen atoms in total. The van der Waals surface area contributed by atoms with Crippen molar-refractivity contribution in [1.82, 2.24) is 14.7 Å². The third-order valence-electron chi connectivity index (χ3n) is 14.7. The monoisotopic (exact) mass is 683 g/mol. The molecular weight excluding hydrogens is 616 g/mol. The van der Waals surface area contributed by atoms with Crippen LogP contribution in [-0.2, 0) is 24.0 Å². The molecule has 2 heterocycles. The molecule has 3 saturated carbocycles. The number of amides is 2. The number of likely N-dealkylation sites (N-methyl/N-ethyl adjacent to an activating group) is 1. The van der Waals surface area contributed by atoms with E-state index in [0.717, 1.165) is 64.8 Å². The number of nitrogens with two attached hydrogens (primary N) is 1. The Morgan fingerprint density at radius 2 is 1.51 bits per heavy atom. The summed E-state index contributed by atoms with van der Waals surface area (Å²) >= 11 is 0. The lowest BCUT2D eigenvalue weighted by atomic mass is 9.73. The molecule has 0 aromatic carbocycles. The van der Waals surface area contributed by atoms with Crippen molar-refractivity contribution in [2.75, 3.05) is 46.3 Å². The number of rotatable bonds is 15. The Morgan fingerprint density at radius 1 is 0.878 bits per heavy atom. The van der Waals surface area contributed by atoms with Gasteiger partial charge in [-0.15, -0.1) is 0 Å². The van der Waals surface area contributed by atoms with Crippen LogP contribution in [0.15, 0.2) is 0 Å². The Balaban J connectivity index is 1.36. The van der Waals surface area contributed by atoms with E-state index in [2.05, 4.69) is 44.5 Å². The van der Waals surface area contributed by atoms with Gasteiger partial charge in [0.1, 0.15) is 5.78 Å². The number of piperazine rings is 1. The average Bonchev–Trinajstić information content (AvgIpc) is 3.20. The van der Waals surface area contributed by atoms with E-state index in [4.69, 9.17) is 5.73 Å². The summed E-state index contributed by atoms with van der Waals surface area (Å²) < 4.78 is 0. The second kappa shape index (κ2) is 14.1. The minimum absolute atomic E-state index is 0.000971. The molecule has 0 bridgehead atoms. The summed E-state index contributed by atoms with van der Waals surface area (Å²) in [6, 6.07) is -0.656. The lowest BCUT2D eigenvalue weighted by molar-refractivity contribution is -0.147. The van der Waals surface area contributed by atoms with Gasteiger partial charge in [0.15, 0.2) is 5.78 Å². The van der Waals surface area contributed by atoms with E-state index in [0.29, 0.717) is 37.6 Å². The van der Waals surface area contributed by atoms with Crippen LogP contribution in [0.4, 0.5) is 0 Å². The van der Waals surface area contributed by atoms with Crippen LogP contribution in [-0.4, -0.2) is 96.2 Å². The second-order valence-corrected chi connectivity index (χ2v) is 18.9. The Hall–Kier alpha value is -2.13. The van der Waals surface area contributed by atoms with E-state index in [-0.39, 0.29) is 52.5 Å². The van der Waals surface area contributed by atoms with Gasteiger partial charge in [0.2, 0.25) is 11.7 Å². The van der Waals surface area contributed by atoms with E-state index < -0.39 is 35.0 Å². The fraction of sp³-hybridized carbons (Fsp3) is 0.875. The first-order chi connectivity index (χ1) is 22.8. The number of primary amides is 1. The zero-order valence-corrected chi connectivity index (χ0v) is 31.9. The minimum Gasteiger partial charge on any atom is -0.363 e. The maximum Gasteiger partial charge on any atom is 0.285 e. The summed E-state index contributed by atoms with van der Waals surface area (Å²) in [6.45, 7) is 20.6. The Bertz CT molecular complexity index is 1290. The minimum atomic E-state index is -0.983. The summed E-state index contributed by atoms with van der Waals surface area (Å²) in [7, 11) is 2.15. The molecule has 2 spiro atoms. The molecule has 3 aliphatic carbocycles. The first-order valence-electron chi connectivity index (χ1n) is 19.4. The number of carbonyl (C=O) groups is 5. The van der Waals surface area contributed by atoms with Crippen LogP contribution in [0, 0.1) is 51.2 Å². The average molecular weight is 683 g/mol. The SMILES string of the molecule is CC(C)[C@H](CC(=O)C[C@H](C(=O)N1C[C@]2(C[C@H]1C(=O)CC(CC1CCC1)C(=O)C(N)=O)C(C)(C)C21CCC1)C(C)(C)C)CN1CCN(C)CC1. The van der Waals surface area contributed by atoms with Crippen LogP contribution in [0.5, 0.6) is 0 Å². The molecular formula is C40H66N4O5. The van der Waals surface area contributed by atoms with E-state index in [1.807, 2.05) is 25.7 Å². The van der Waals surface area contributed by atoms with E-state index >= 15 is 0 Å². The van der Waals surface area contributed by atoms with Crippen molar-refractivity contribution in [2.45, 2.75) is 125 Å². The van der Waals surface area contributed by atoms with Gasteiger partial charge >= 0.3 is 0 Å². The maximum absolute atomic E-state index is 14.9. The predicted molar refractivity (Wildman–Crippen MR) is 191 cm³/mol. The Labute approximate surface area is 295 Å². The molecule has 2 aliphatic heterocycles. The van der Waals surface area contributed by atoms with Gasteiger partial charge in [0.25, 0.3) is 5.91 Å². The normalized spacial score (nSPS) is 28.6. The van der Waals surface area contributed by atoms with Crippen LogP contribution in [0.3, 0.4) is 0 Å². The molecule has 2 amide bonds. The smallest absolute Gasteiger partial charge is 0.285 e. The fourth-order valence-corrected chi connectivity index (χ4v) is 10.6. The predicted octanol–water partition coefficient (Wildman–Crippen LogP) is 5.14. The first kappa shape index (κ1) is 38.1.